The molecule has 0 bridgehead atoms. The van der Waals surface area contributed by atoms with Crippen LogP contribution in [-0.4, -0.2) is 3.21 Å². The molecular weight excluding hydrogens is 587 g/mol. The van der Waals surface area contributed by atoms with Gasteiger partial charge in [-0.15, -0.1) is 11.6 Å². The van der Waals surface area contributed by atoms with Crippen molar-refractivity contribution in [2.75, 3.05) is 0 Å². The third-order valence-corrected chi connectivity index (χ3v) is 6.29. The summed E-state index contributed by atoms with van der Waals surface area (Å²) < 4.78 is 6.47. The van der Waals surface area contributed by atoms with E-state index in [0.29, 0.717) is 5.92 Å². The minimum Gasteiger partial charge on any atom is -1.00 e. The standard InChI is InChI=1S/C21H25.C10H9O.C3H6.2ClH.Zr/c1-20(2,3)16-9-7-14-11-15-8-10-17(21(4,5)6)13-19(15)18(14)12-16;1-8-2-3-9(6-8)10-4-5-11-7-10;1-3-2;;;/h7,9-10,12-13H,11H2,1-6H3;2-5,7-8H,1H3;1-2H3;2*1H;/q2*-1;;;;+2/p-2. The predicted molar refractivity (Wildman–Crippen MR) is 151 cm³/mol. The van der Waals surface area contributed by atoms with Gasteiger partial charge in [-0.3, -0.25) is 0 Å². The first-order valence-corrected chi connectivity index (χ1v) is 14.0. The first-order chi connectivity index (χ1) is 16.8. The average molecular weight is 627 g/mol. The number of allylic oxidation sites excluding steroid dienone is 4. The molecular formula is C34H40Cl2OZr-2. The number of hydrogen-bond acceptors (Lipinski definition) is 1. The van der Waals surface area contributed by atoms with Crippen molar-refractivity contribution in [2.45, 2.75) is 79.6 Å². The summed E-state index contributed by atoms with van der Waals surface area (Å²) in [6, 6.07) is 17.0. The maximum atomic E-state index is 4.97. The summed E-state index contributed by atoms with van der Waals surface area (Å²) in [5, 5.41) is 0. The Bertz CT molecular complexity index is 1200. The first kappa shape index (κ1) is 34.6. The molecule has 38 heavy (non-hydrogen) atoms. The van der Waals surface area contributed by atoms with Gasteiger partial charge in [0, 0.05) is 6.26 Å². The second kappa shape index (κ2) is 14.2. The molecule has 0 saturated carbocycles. The quantitative estimate of drug-likeness (QED) is 0.296. The zero-order valence-corrected chi connectivity index (χ0v) is 28.2. The Morgan fingerprint density at radius 3 is 2.03 bits per heavy atom. The Morgan fingerprint density at radius 1 is 0.921 bits per heavy atom. The molecule has 4 heteroatoms. The SMILES string of the molecule is CC(C)(C)c1c[c-]c2c(c1)-c1cc(C(C)(C)C)ccc1C2.CC1[C-]=C(c2ccoc2)C=C1.C[C](C)=[Zr+2].[Cl-].[Cl-]. The number of furan rings is 1. The first-order valence-electron chi connectivity index (χ1n) is 12.8. The Hall–Kier alpha value is -1.47. The normalized spacial score (nSPS) is 14.9. The minimum atomic E-state index is 0. The molecule has 3 aromatic rings. The molecule has 202 valence electrons. The Balaban J connectivity index is 0.000000358. The van der Waals surface area contributed by atoms with Gasteiger partial charge in [0.2, 0.25) is 0 Å². The van der Waals surface area contributed by atoms with Crippen molar-refractivity contribution in [3.05, 3.63) is 101 Å². The summed E-state index contributed by atoms with van der Waals surface area (Å²) in [5.41, 5.74) is 11.0. The maximum absolute atomic E-state index is 4.97. The monoisotopic (exact) mass is 624 g/mol. The number of halogens is 2. The van der Waals surface area contributed by atoms with Gasteiger partial charge in [0.15, 0.2) is 0 Å². The van der Waals surface area contributed by atoms with Gasteiger partial charge in [-0.25, -0.2) is 0 Å². The smallest absolute Gasteiger partial charge is 1.00 e. The van der Waals surface area contributed by atoms with E-state index in [9.17, 15) is 0 Å². The van der Waals surface area contributed by atoms with Gasteiger partial charge in [-0.2, -0.15) is 47.1 Å². The van der Waals surface area contributed by atoms with Crippen LogP contribution in [0.1, 0.15) is 90.1 Å². The maximum Gasteiger partial charge on any atom is -1.00 e. The summed E-state index contributed by atoms with van der Waals surface area (Å²) in [4.78, 5) is 0. The van der Waals surface area contributed by atoms with Crippen LogP contribution in [0, 0.1) is 18.1 Å². The zero-order chi connectivity index (χ0) is 26.7. The molecule has 1 unspecified atom stereocenters. The van der Waals surface area contributed by atoms with Gasteiger partial charge in [0.1, 0.15) is 0 Å². The van der Waals surface area contributed by atoms with Gasteiger partial charge in [-0.1, -0.05) is 101 Å². The molecule has 0 radical (unpaired) electrons. The molecule has 1 atom stereocenters. The van der Waals surface area contributed by atoms with Crippen molar-refractivity contribution in [3.8, 4) is 11.1 Å². The summed E-state index contributed by atoms with van der Waals surface area (Å²) in [5.74, 6) is 0.444. The fourth-order valence-electron chi connectivity index (χ4n) is 4.16. The molecule has 0 saturated heterocycles. The van der Waals surface area contributed by atoms with Crippen LogP contribution in [-0.2, 0) is 41.5 Å². The van der Waals surface area contributed by atoms with Crippen LogP contribution in [0.4, 0.5) is 0 Å². The van der Waals surface area contributed by atoms with Crippen LogP contribution in [0.3, 0.4) is 0 Å². The van der Waals surface area contributed by atoms with E-state index >= 15 is 0 Å². The van der Waals surface area contributed by atoms with E-state index in [4.69, 9.17) is 4.42 Å². The molecule has 2 aliphatic rings. The van der Waals surface area contributed by atoms with Crippen LogP contribution >= 0.6 is 0 Å². The van der Waals surface area contributed by atoms with E-state index < -0.39 is 0 Å². The van der Waals surface area contributed by atoms with Crippen LogP contribution < -0.4 is 24.8 Å². The number of fused-ring (bicyclic) bond motifs is 3. The van der Waals surface area contributed by atoms with Crippen LogP contribution in [0.5, 0.6) is 0 Å². The van der Waals surface area contributed by atoms with Crippen molar-refractivity contribution >= 4 is 8.78 Å². The molecule has 2 aliphatic carbocycles. The third-order valence-electron chi connectivity index (χ3n) is 6.29. The molecule has 0 fully saturated rings. The van der Waals surface area contributed by atoms with E-state index in [1.165, 1.54) is 36.6 Å². The molecule has 1 nitrogen and oxygen atoms in total. The van der Waals surface area contributed by atoms with Crippen molar-refractivity contribution in [3.63, 3.8) is 0 Å². The second-order valence-electron chi connectivity index (χ2n) is 12.0. The van der Waals surface area contributed by atoms with Gasteiger partial charge < -0.3 is 29.2 Å². The van der Waals surface area contributed by atoms with Crippen LogP contribution in [0.15, 0.2) is 65.5 Å². The van der Waals surface area contributed by atoms with Crippen LogP contribution in [0.25, 0.3) is 16.7 Å². The predicted octanol–water partition coefficient (Wildman–Crippen LogP) is 3.08. The third kappa shape index (κ3) is 9.32. The molecule has 2 aromatic carbocycles. The molecule has 5 rings (SSSR count). The van der Waals surface area contributed by atoms with E-state index in [0.717, 1.165) is 17.6 Å². The Labute approximate surface area is 258 Å². The summed E-state index contributed by atoms with van der Waals surface area (Å²) in [6.07, 6.45) is 12.0. The minimum absolute atomic E-state index is 0. The number of benzene rings is 2. The molecule has 0 N–H and O–H groups in total. The van der Waals surface area contributed by atoms with E-state index in [1.807, 2.05) is 6.07 Å². The van der Waals surface area contributed by atoms with E-state index in [2.05, 4.69) is 117 Å². The van der Waals surface area contributed by atoms with Crippen molar-refractivity contribution in [1.29, 1.82) is 0 Å². The van der Waals surface area contributed by atoms with E-state index in [-0.39, 0.29) is 35.6 Å². The molecule has 0 spiro atoms. The fourth-order valence-corrected chi connectivity index (χ4v) is 4.16. The zero-order valence-electron chi connectivity index (χ0n) is 24.2. The van der Waals surface area contributed by atoms with Gasteiger partial charge in [0.05, 0.1) is 6.26 Å². The fraction of sp³-hybridized carbons (Fsp3) is 0.382. The molecule has 0 aliphatic heterocycles. The molecule has 1 aromatic heterocycles. The Kier molecular flexibility index (Phi) is 13.0. The molecule has 0 amide bonds. The van der Waals surface area contributed by atoms with Gasteiger partial charge in [-0.05, 0) is 17.4 Å². The van der Waals surface area contributed by atoms with Gasteiger partial charge >= 0.3 is 41.3 Å². The summed E-state index contributed by atoms with van der Waals surface area (Å²) >= 11 is 1.55. The Morgan fingerprint density at radius 2 is 1.53 bits per heavy atom. The van der Waals surface area contributed by atoms with Crippen molar-refractivity contribution in [2.24, 2.45) is 5.92 Å². The number of rotatable bonds is 1. The number of hydrogen-bond donors (Lipinski definition) is 0. The second-order valence-corrected chi connectivity index (χ2v) is 14.5. The average Bonchev–Trinajstić information content (AvgIpc) is 3.51. The van der Waals surface area contributed by atoms with E-state index in [1.54, 1.807) is 36.8 Å². The summed E-state index contributed by atoms with van der Waals surface area (Å²) in [6.45, 7) is 20.0. The van der Waals surface area contributed by atoms with Crippen molar-refractivity contribution in [1.82, 2.24) is 0 Å². The molecule has 1 heterocycles. The topological polar surface area (TPSA) is 13.1 Å². The summed E-state index contributed by atoms with van der Waals surface area (Å²) in [7, 11) is 0. The van der Waals surface area contributed by atoms with Crippen LogP contribution in [0.2, 0.25) is 0 Å². The van der Waals surface area contributed by atoms with Crippen molar-refractivity contribution < 1.29 is 53.5 Å². The van der Waals surface area contributed by atoms with Gasteiger partial charge in [0.25, 0.3) is 0 Å². The largest absolute Gasteiger partial charge is 1.00 e.